The number of nitrogens with one attached hydrogen (secondary N) is 1. The molecule has 0 spiro atoms. The van der Waals surface area contributed by atoms with Crippen molar-refractivity contribution in [2.75, 3.05) is 85.1 Å². The van der Waals surface area contributed by atoms with E-state index in [1.165, 1.54) is 89.1 Å². The smallest absolute Gasteiger partial charge is 0.0991 e. The highest BCUT2D eigenvalue weighted by atomic mass is 31.2. The molecule has 0 aliphatic carbocycles. The lowest BCUT2D eigenvalue weighted by molar-refractivity contribution is -0.917. The minimum Gasteiger partial charge on any atom is -0.330 e. The summed E-state index contributed by atoms with van der Waals surface area (Å²) in [5, 5.41) is 10.3. The van der Waals surface area contributed by atoms with Crippen LogP contribution in [0.4, 0.5) is 0 Å². The van der Waals surface area contributed by atoms with Gasteiger partial charge in [-0.2, -0.15) is 0 Å². The SMILES string of the molecule is CC1(C)CC([N+](C)(C)CCCC[P+](CCCC[P+](CCCC[N+](C)(CCCN)CCCN)(c2ccccc2)c2ccccc2)(c2ccccc2)c2ccccc2)CC(C)(C)N1. The number of piperidine rings is 1. The first-order valence-corrected chi connectivity index (χ1v) is 28.3. The summed E-state index contributed by atoms with van der Waals surface area (Å²) < 4.78 is 2.20. The molecule has 7 heteroatoms. The van der Waals surface area contributed by atoms with Gasteiger partial charge in [0.1, 0.15) is 0 Å². The first-order valence-electron chi connectivity index (χ1n) is 24.0. The fraction of sp³-hybridized carbons (Fsp3) is 0.556. The molecule has 1 fully saturated rings. The molecule has 4 aromatic carbocycles. The van der Waals surface area contributed by atoms with Crippen LogP contribution in [0.25, 0.3) is 0 Å². The third-order valence-corrected chi connectivity index (χ3v) is 23.8. The molecule has 61 heavy (non-hydrogen) atoms. The molecular weight excluding hydrogens is 781 g/mol. The zero-order valence-corrected chi connectivity index (χ0v) is 41.5. The van der Waals surface area contributed by atoms with Gasteiger partial charge in [0.15, 0.2) is 0 Å². The maximum atomic E-state index is 6.01. The Labute approximate surface area is 375 Å². The molecule has 0 radical (unpaired) electrons. The van der Waals surface area contributed by atoms with Crippen LogP contribution in [0.2, 0.25) is 0 Å². The Morgan fingerprint density at radius 2 is 0.754 bits per heavy atom. The zero-order chi connectivity index (χ0) is 43.9. The molecule has 0 saturated carbocycles. The van der Waals surface area contributed by atoms with Gasteiger partial charge in [0.25, 0.3) is 0 Å². The molecule has 4 aromatic rings. The first kappa shape index (κ1) is 49.6. The van der Waals surface area contributed by atoms with Gasteiger partial charge < -0.3 is 25.8 Å². The molecule has 5 nitrogen and oxygen atoms in total. The van der Waals surface area contributed by atoms with Crippen LogP contribution in [0, 0.1) is 0 Å². The van der Waals surface area contributed by atoms with Gasteiger partial charge in [-0.3, -0.25) is 0 Å². The Bertz CT molecular complexity index is 1710. The van der Waals surface area contributed by atoms with Crippen molar-refractivity contribution in [3.05, 3.63) is 121 Å². The van der Waals surface area contributed by atoms with E-state index in [-0.39, 0.29) is 11.1 Å². The highest BCUT2D eigenvalue weighted by molar-refractivity contribution is 7.90. The quantitative estimate of drug-likeness (QED) is 0.0335. The molecular formula is C54H87N5P2+4. The van der Waals surface area contributed by atoms with Gasteiger partial charge >= 0.3 is 0 Å². The summed E-state index contributed by atoms with van der Waals surface area (Å²) in [7, 11) is 4.12. The number of rotatable bonds is 26. The van der Waals surface area contributed by atoms with Crippen molar-refractivity contribution in [2.24, 2.45) is 11.5 Å². The lowest BCUT2D eigenvalue weighted by atomic mass is 9.78. The van der Waals surface area contributed by atoms with Crippen LogP contribution in [0.15, 0.2) is 121 Å². The maximum absolute atomic E-state index is 6.01. The fourth-order valence-corrected chi connectivity index (χ4v) is 20.3. The van der Waals surface area contributed by atoms with Crippen molar-refractivity contribution in [3.63, 3.8) is 0 Å². The Kier molecular flexibility index (Phi) is 18.6. The molecule has 1 aliphatic rings. The molecule has 1 aliphatic heterocycles. The monoisotopic (exact) mass is 868 g/mol. The van der Waals surface area contributed by atoms with Gasteiger partial charge in [-0.15, -0.1) is 0 Å². The number of unbranched alkanes of at least 4 members (excludes halogenated alkanes) is 3. The normalized spacial score (nSPS) is 16.1. The molecule has 5 rings (SSSR count). The van der Waals surface area contributed by atoms with E-state index in [0.717, 1.165) is 48.0 Å². The molecule has 1 heterocycles. The number of hydrogen-bond donors (Lipinski definition) is 3. The van der Waals surface area contributed by atoms with Gasteiger partial charge in [0, 0.05) is 49.6 Å². The first-order chi connectivity index (χ1) is 29.2. The number of quaternary nitrogens is 2. The van der Waals surface area contributed by atoms with Gasteiger partial charge in [-0.1, -0.05) is 72.8 Å². The molecule has 334 valence electrons. The minimum absolute atomic E-state index is 0.166. The van der Waals surface area contributed by atoms with Crippen LogP contribution in [0.3, 0.4) is 0 Å². The zero-order valence-electron chi connectivity index (χ0n) is 39.7. The topological polar surface area (TPSA) is 64.1 Å². The molecule has 0 aromatic heterocycles. The van der Waals surface area contributed by atoms with E-state index in [9.17, 15) is 0 Å². The van der Waals surface area contributed by atoms with Crippen LogP contribution >= 0.6 is 14.5 Å². The average molecular weight is 868 g/mol. The van der Waals surface area contributed by atoms with Crippen molar-refractivity contribution in [3.8, 4) is 0 Å². The summed E-state index contributed by atoms with van der Waals surface area (Å²) >= 11 is 0. The molecule has 0 atom stereocenters. The second-order valence-electron chi connectivity index (χ2n) is 20.8. The van der Waals surface area contributed by atoms with Gasteiger partial charge in [0.05, 0.1) is 114 Å². The van der Waals surface area contributed by atoms with Gasteiger partial charge in [0.2, 0.25) is 0 Å². The summed E-state index contributed by atoms with van der Waals surface area (Å²) in [5.74, 6) is 0. The van der Waals surface area contributed by atoms with E-state index in [1.807, 2.05) is 0 Å². The van der Waals surface area contributed by atoms with Crippen LogP contribution < -0.4 is 38.0 Å². The molecule has 0 amide bonds. The predicted octanol–water partition coefficient (Wildman–Crippen LogP) is 9.19. The van der Waals surface area contributed by atoms with Gasteiger partial charge in [-0.05, 0) is 115 Å². The van der Waals surface area contributed by atoms with Crippen molar-refractivity contribution < 1.29 is 8.97 Å². The van der Waals surface area contributed by atoms with E-state index in [0.29, 0.717) is 6.04 Å². The number of nitrogens with zero attached hydrogens (tertiary/aromatic N) is 2. The predicted molar refractivity (Wildman–Crippen MR) is 275 cm³/mol. The standard InChI is InChI=1S/C54H87N5P2/c1-53(2)46-48(47-54(3,4)57-53)58(5,6)38-20-22-42-60(49-28-12-8-13-29-49,50-30-14-9-15-31-50)44-24-25-45-61(51-32-16-10-17-33-51,52-34-18-11-19-35-52)43-23-21-39-59(7,40-26-36-55)41-27-37-56/h8-19,28-35,48,57H,20-27,36-47,55-56H2,1-7H3/q+4. The van der Waals surface area contributed by atoms with E-state index in [4.69, 9.17) is 11.5 Å². The lowest BCUT2D eigenvalue weighted by Crippen LogP contribution is -2.65. The average Bonchev–Trinajstić information content (AvgIpc) is 3.25. The van der Waals surface area contributed by atoms with Crippen LogP contribution in [0.5, 0.6) is 0 Å². The van der Waals surface area contributed by atoms with Gasteiger partial charge in [-0.25, -0.2) is 0 Å². The van der Waals surface area contributed by atoms with Crippen molar-refractivity contribution >= 4 is 35.7 Å². The van der Waals surface area contributed by atoms with E-state index >= 15 is 0 Å². The second-order valence-corrected chi connectivity index (χ2v) is 28.6. The Balaban J connectivity index is 1.37. The van der Waals surface area contributed by atoms with E-state index in [2.05, 4.69) is 175 Å². The lowest BCUT2D eigenvalue weighted by Gasteiger charge is -2.51. The minimum atomic E-state index is -1.67. The number of benzene rings is 4. The van der Waals surface area contributed by atoms with Crippen LogP contribution in [0.1, 0.15) is 91.9 Å². The summed E-state index contributed by atoms with van der Waals surface area (Å²) in [6.07, 6.45) is 17.3. The van der Waals surface area contributed by atoms with Crippen LogP contribution in [-0.2, 0) is 0 Å². The number of nitrogens with two attached hydrogens (primary N) is 2. The molecule has 1 saturated heterocycles. The Morgan fingerprint density at radius 1 is 0.459 bits per heavy atom. The Hall–Kier alpha value is -2.46. The summed E-state index contributed by atoms with van der Waals surface area (Å²) in [5.41, 5.74) is 12.4. The van der Waals surface area contributed by atoms with E-state index in [1.54, 1.807) is 21.2 Å². The summed E-state index contributed by atoms with van der Waals surface area (Å²) in [6.45, 7) is 15.9. The molecule has 0 unspecified atom stereocenters. The largest absolute Gasteiger partial charge is 0.330 e. The number of hydrogen-bond acceptors (Lipinski definition) is 3. The molecule has 5 N–H and O–H groups in total. The Morgan fingerprint density at radius 3 is 1.08 bits per heavy atom. The van der Waals surface area contributed by atoms with Crippen LogP contribution in [-0.4, -0.2) is 111 Å². The third-order valence-electron chi connectivity index (χ3n) is 14.3. The van der Waals surface area contributed by atoms with Crippen molar-refractivity contribution in [1.29, 1.82) is 0 Å². The third kappa shape index (κ3) is 14.0. The summed E-state index contributed by atoms with van der Waals surface area (Å²) in [4.78, 5) is 0. The fourth-order valence-electron chi connectivity index (χ4n) is 11.2. The van der Waals surface area contributed by atoms with E-state index < -0.39 is 14.5 Å². The second kappa shape index (κ2) is 22.9. The maximum Gasteiger partial charge on any atom is 0.0991 e. The highest BCUT2D eigenvalue weighted by Gasteiger charge is 2.46. The highest BCUT2D eigenvalue weighted by Crippen LogP contribution is 2.60. The van der Waals surface area contributed by atoms with Crippen molar-refractivity contribution in [2.45, 2.75) is 109 Å². The summed E-state index contributed by atoms with van der Waals surface area (Å²) in [6, 6.07) is 47.5. The van der Waals surface area contributed by atoms with Crippen molar-refractivity contribution in [1.82, 2.24) is 5.32 Å². The molecule has 0 bridgehead atoms.